The van der Waals surface area contributed by atoms with E-state index in [0.29, 0.717) is 23.7 Å². The molecule has 0 spiro atoms. The first-order valence-corrected chi connectivity index (χ1v) is 14.0. The van der Waals surface area contributed by atoms with Crippen molar-refractivity contribution >= 4 is 33.6 Å². The molecule has 204 valence electrons. The SMILES string of the molecule is C[C@H]1CN(c2ccc(Cc3ccccc3)cc2)c2nc3c(c(=O)n(Cc4cccc5ccccc45)c(=O)n3C)n2C1. The zero-order chi connectivity index (χ0) is 28.1. The number of hydrogen-bond donors (Lipinski definition) is 0. The van der Waals surface area contributed by atoms with Crippen LogP contribution >= 0.6 is 0 Å². The predicted molar refractivity (Wildman–Crippen MR) is 164 cm³/mol. The van der Waals surface area contributed by atoms with Crippen molar-refractivity contribution in [3.63, 3.8) is 0 Å². The summed E-state index contributed by atoms with van der Waals surface area (Å²) >= 11 is 0. The summed E-state index contributed by atoms with van der Waals surface area (Å²) in [4.78, 5) is 34.6. The number of hydrogen-bond acceptors (Lipinski definition) is 4. The predicted octanol–water partition coefficient (Wildman–Crippen LogP) is 5.48. The molecular formula is C34H31N5O2. The maximum Gasteiger partial charge on any atom is 0.332 e. The lowest BCUT2D eigenvalue weighted by Gasteiger charge is -2.33. The van der Waals surface area contributed by atoms with Gasteiger partial charge in [-0.2, -0.15) is 4.98 Å². The van der Waals surface area contributed by atoms with Gasteiger partial charge in [-0.05, 0) is 51.9 Å². The van der Waals surface area contributed by atoms with E-state index >= 15 is 0 Å². The Morgan fingerprint density at radius 2 is 1.51 bits per heavy atom. The van der Waals surface area contributed by atoms with Crippen molar-refractivity contribution in [2.24, 2.45) is 13.0 Å². The summed E-state index contributed by atoms with van der Waals surface area (Å²) in [6, 6.07) is 33.0. The monoisotopic (exact) mass is 541 g/mol. The number of anilines is 2. The fourth-order valence-electron chi connectivity index (χ4n) is 6.09. The second-order valence-corrected chi connectivity index (χ2v) is 11.1. The molecule has 0 fully saturated rings. The fourth-order valence-corrected chi connectivity index (χ4v) is 6.09. The van der Waals surface area contributed by atoms with Crippen LogP contribution in [0.1, 0.15) is 23.6 Å². The van der Waals surface area contributed by atoms with E-state index in [0.717, 1.165) is 35.0 Å². The minimum absolute atomic E-state index is 0.200. The van der Waals surface area contributed by atoms with Crippen molar-refractivity contribution in [1.29, 1.82) is 0 Å². The molecule has 3 heterocycles. The van der Waals surface area contributed by atoms with Crippen molar-refractivity contribution in [3.8, 4) is 0 Å². The Hall–Kier alpha value is -4.91. The van der Waals surface area contributed by atoms with Gasteiger partial charge < -0.3 is 9.47 Å². The number of nitrogens with zero attached hydrogens (tertiary/aromatic N) is 5. The van der Waals surface area contributed by atoms with Gasteiger partial charge in [0.2, 0.25) is 5.95 Å². The average Bonchev–Trinajstić information content (AvgIpc) is 3.38. The van der Waals surface area contributed by atoms with Gasteiger partial charge in [0, 0.05) is 25.8 Å². The van der Waals surface area contributed by atoms with Gasteiger partial charge in [0.15, 0.2) is 11.2 Å². The molecular weight excluding hydrogens is 510 g/mol. The van der Waals surface area contributed by atoms with Crippen LogP contribution in [0.2, 0.25) is 0 Å². The summed E-state index contributed by atoms with van der Waals surface area (Å²) in [6.45, 7) is 3.82. The third kappa shape index (κ3) is 4.34. The van der Waals surface area contributed by atoms with E-state index in [1.165, 1.54) is 20.3 Å². The molecule has 1 aliphatic rings. The van der Waals surface area contributed by atoms with Gasteiger partial charge in [-0.3, -0.25) is 13.9 Å². The summed E-state index contributed by atoms with van der Waals surface area (Å²) in [5.74, 6) is 0.982. The van der Waals surface area contributed by atoms with Gasteiger partial charge in [0.1, 0.15) is 0 Å². The van der Waals surface area contributed by atoms with Crippen molar-refractivity contribution in [2.45, 2.75) is 26.4 Å². The molecule has 7 heteroatoms. The maximum absolute atomic E-state index is 14.0. The summed E-state index contributed by atoms with van der Waals surface area (Å²) in [5.41, 5.74) is 4.68. The fraction of sp³-hybridized carbons (Fsp3) is 0.206. The average molecular weight is 542 g/mol. The van der Waals surface area contributed by atoms with Crippen LogP contribution in [0, 0.1) is 5.92 Å². The van der Waals surface area contributed by atoms with Gasteiger partial charge >= 0.3 is 5.69 Å². The van der Waals surface area contributed by atoms with Crippen LogP contribution < -0.4 is 16.1 Å². The van der Waals surface area contributed by atoms with E-state index in [1.807, 2.05) is 53.1 Å². The van der Waals surface area contributed by atoms with Crippen LogP contribution in [-0.2, 0) is 26.6 Å². The molecule has 0 N–H and O–H groups in total. The number of aromatic nitrogens is 4. The number of benzene rings is 4. The van der Waals surface area contributed by atoms with Crippen LogP contribution in [0.5, 0.6) is 0 Å². The van der Waals surface area contributed by atoms with Crippen molar-refractivity contribution in [3.05, 3.63) is 135 Å². The molecule has 7 rings (SSSR count). The Balaban J connectivity index is 1.31. The van der Waals surface area contributed by atoms with Gasteiger partial charge in [-0.25, -0.2) is 4.79 Å². The Morgan fingerprint density at radius 3 is 2.32 bits per heavy atom. The highest BCUT2D eigenvalue weighted by atomic mass is 16.2. The minimum atomic E-state index is -0.365. The van der Waals surface area contributed by atoms with Crippen LogP contribution in [-0.4, -0.2) is 25.2 Å². The van der Waals surface area contributed by atoms with E-state index in [2.05, 4.69) is 60.4 Å². The third-order valence-electron chi connectivity index (χ3n) is 8.15. The molecule has 1 atom stereocenters. The summed E-state index contributed by atoms with van der Waals surface area (Å²) in [7, 11) is 1.70. The number of aryl methyl sites for hydroxylation is 1. The molecule has 6 aromatic rings. The highest BCUT2D eigenvalue weighted by Crippen LogP contribution is 2.33. The molecule has 0 aliphatic carbocycles. The van der Waals surface area contributed by atoms with Crippen LogP contribution in [0.25, 0.3) is 21.9 Å². The standard InChI is InChI=1S/C34H31N5O2/c1-23-20-37(28-17-15-25(16-18-28)19-24-9-4-3-5-10-24)33-35-31-30(38(33)21-23)32(40)39(34(41)36(31)2)22-27-13-8-12-26-11-6-7-14-29(26)27/h3-18,23H,19-22H2,1-2H3/t23-/m0/s1. The Morgan fingerprint density at radius 1 is 0.805 bits per heavy atom. The molecule has 41 heavy (non-hydrogen) atoms. The molecule has 0 bridgehead atoms. The van der Waals surface area contributed by atoms with Crippen molar-refractivity contribution in [1.82, 2.24) is 18.7 Å². The zero-order valence-electron chi connectivity index (χ0n) is 23.2. The summed E-state index contributed by atoms with van der Waals surface area (Å²) in [6.07, 6.45) is 0.869. The Bertz CT molecular complexity index is 2010. The molecule has 0 amide bonds. The summed E-state index contributed by atoms with van der Waals surface area (Å²) < 4.78 is 4.86. The number of rotatable bonds is 5. The quantitative estimate of drug-likeness (QED) is 0.290. The van der Waals surface area contributed by atoms with Gasteiger partial charge in [0.25, 0.3) is 5.56 Å². The molecule has 0 unspecified atom stereocenters. The molecule has 0 saturated carbocycles. The second kappa shape index (κ2) is 9.93. The van der Waals surface area contributed by atoms with Crippen molar-refractivity contribution < 1.29 is 0 Å². The first kappa shape index (κ1) is 25.1. The van der Waals surface area contributed by atoms with E-state index in [9.17, 15) is 9.59 Å². The number of imidazole rings is 1. The third-order valence-corrected chi connectivity index (χ3v) is 8.15. The largest absolute Gasteiger partial charge is 0.332 e. The van der Waals surface area contributed by atoms with E-state index in [1.54, 1.807) is 7.05 Å². The number of fused-ring (bicyclic) bond motifs is 4. The smallest absolute Gasteiger partial charge is 0.312 e. The lowest BCUT2D eigenvalue weighted by molar-refractivity contribution is 0.458. The van der Waals surface area contributed by atoms with Gasteiger partial charge in [-0.1, -0.05) is 91.9 Å². The van der Waals surface area contributed by atoms with Gasteiger partial charge in [-0.15, -0.1) is 0 Å². The van der Waals surface area contributed by atoms with Crippen LogP contribution in [0.4, 0.5) is 11.6 Å². The van der Waals surface area contributed by atoms with E-state index in [4.69, 9.17) is 4.98 Å². The lowest BCUT2D eigenvalue weighted by Crippen LogP contribution is -2.40. The van der Waals surface area contributed by atoms with Gasteiger partial charge in [0.05, 0.1) is 6.54 Å². The highest BCUT2D eigenvalue weighted by Gasteiger charge is 2.30. The van der Waals surface area contributed by atoms with Crippen LogP contribution in [0.15, 0.2) is 107 Å². The second-order valence-electron chi connectivity index (χ2n) is 11.1. The Labute approximate surface area is 237 Å². The van der Waals surface area contributed by atoms with Crippen LogP contribution in [0.3, 0.4) is 0 Å². The first-order chi connectivity index (χ1) is 20.0. The molecule has 0 saturated heterocycles. The lowest BCUT2D eigenvalue weighted by atomic mass is 10.0. The van der Waals surface area contributed by atoms with Crippen molar-refractivity contribution in [2.75, 3.05) is 11.4 Å². The molecule has 2 aromatic heterocycles. The molecule has 0 radical (unpaired) electrons. The topological polar surface area (TPSA) is 65.1 Å². The molecule has 4 aromatic carbocycles. The van der Waals surface area contributed by atoms with E-state index < -0.39 is 0 Å². The minimum Gasteiger partial charge on any atom is -0.312 e. The molecule has 1 aliphatic heterocycles. The maximum atomic E-state index is 14.0. The highest BCUT2D eigenvalue weighted by molar-refractivity contribution is 5.85. The normalized spacial score (nSPS) is 15.0. The van der Waals surface area contributed by atoms with E-state index in [-0.39, 0.29) is 23.7 Å². The zero-order valence-corrected chi connectivity index (χ0v) is 23.2. The first-order valence-electron chi connectivity index (χ1n) is 14.0. The molecule has 7 nitrogen and oxygen atoms in total. The summed E-state index contributed by atoms with van der Waals surface area (Å²) in [5, 5.41) is 2.12. The Kier molecular flexibility index (Phi) is 6.07.